The van der Waals surface area contributed by atoms with Crippen LogP contribution in [-0.2, 0) is 0 Å². The van der Waals surface area contributed by atoms with E-state index < -0.39 is 0 Å². The molecule has 2 aliphatic rings. The molecular formula is C16H23NO. The van der Waals surface area contributed by atoms with E-state index in [1.807, 2.05) is 0 Å². The number of benzene rings is 1. The molecule has 1 aliphatic heterocycles. The van der Waals surface area contributed by atoms with Gasteiger partial charge in [-0.2, -0.15) is 0 Å². The molecule has 0 radical (unpaired) electrons. The molecule has 1 aromatic rings. The third kappa shape index (κ3) is 1.93. The van der Waals surface area contributed by atoms with E-state index in [1.54, 1.807) is 0 Å². The molecule has 0 spiro atoms. The van der Waals surface area contributed by atoms with Gasteiger partial charge in [-0.25, -0.2) is 0 Å². The lowest BCUT2D eigenvalue weighted by atomic mass is 9.92. The molecule has 2 heteroatoms. The molecule has 1 heterocycles. The first-order chi connectivity index (χ1) is 8.58. The van der Waals surface area contributed by atoms with E-state index >= 15 is 0 Å². The molecule has 0 saturated heterocycles. The predicted molar refractivity (Wildman–Crippen MR) is 73.8 cm³/mol. The summed E-state index contributed by atoms with van der Waals surface area (Å²) in [6.45, 7) is 6.73. The van der Waals surface area contributed by atoms with Crippen LogP contribution in [-0.4, -0.2) is 11.6 Å². The molecule has 0 bridgehead atoms. The van der Waals surface area contributed by atoms with E-state index in [9.17, 15) is 0 Å². The highest BCUT2D eigenvalue weighted by Crippen LogP contribution is 2.44. The van der Waals surface area contributed by atoms with Crippen molar-refractivity contribution >= 4 is 0 Å². The van der Waals surface area contributed by atoms with Crippen molar-refractivity contribution in [1.82, 2.24) is 5.32 Å². The molecule has 18 heavy (non-hydrogen) atoms. The smallest absolute Gasteiger partial charge is 0.125 e. The lowest BCUT2D eigenvalue weighted by Gasteiger charge is -2.31. The van der Waals surface area contributed by atoms with Gasteiger partial charge in [-0.1, -0.05) is 31.5 Å². The lowest BCUT2D eigenvalue weighted by molar-refractivity contribution is 0.0885. The Kier molecular flexibility index (Phi) is 2.86. The quantitative estimate of drug-likeness (QED) is 0.858. The Hall–Kier alpha value is -1.02. The third-order valence-corrected chi connectivity index (χ3v) is 4.54. The van der Waals surface area contributed by atoms with Gasteiger partial charge in [0.2, 0.25) is 0 Å². The molecule has 0 amide bonds. The third-order valence-electron chi connectivity index (χ3n) is 4.54. The summed E-state index contributed by atoms with van der Waals surface area (Å²) in [6, 6.07) is 9.40. The first-order valence-corrected chi connectivity index (χ1v) is 7.12. The predicted octanol–water partition coefficient (Wildman–Crippen LogP) is 3.68. The van der Waals surface area contributed by atoms with Crippen molar-refractivity contribution in [2.24, 2.45) is 5.92 Å². The van der Waals surface area contributed by atoms with Gasteiger partial charge in [0.15, 0.2) is 0 Å². The summed E-state index contributed by atoms with van der Waals surface area (Å²) >= 11 is 0. The average molecular weight is 245 g/mol. The number of ether oxygens (including phenoxy) is 1. The van der Waals surface area contributed by atoms with Crippen LogP contribution in [0, 0.1) is 5.92 Å². The summed E-state index contributed by atoms with van der Waals surface area (Å²) < 4.78 is 6.09. The number of nitrogens with one attached hydrogen (secondary N) is 1. The minimum Gasteiger partial charge on any atom is -0.486 e. The Morgan fingerprint density at radius 3 is 2.72 bits per heavy atom. The van der Waals surface area contributed by atoms with Crippen LogP contribution in [0.2, 0.25) is 0 Å². The fourth-order valence-corrected chi connectivity index (χ4v) is 3.43. The van der Waals surface area contributed by atoms with Gasteiger partial charge in [0, 0.05) is 11.6 Å². The van der Waals surface area contributed by atoms with Gasteiger partial charge in [-0.3, -0.25) is 0 Å². The van der Waals surface area contributed by atoms with Crippen molar-refractivity contribution < 1.29 is 4.74 Å². The molecular weight excluding hydrogens is 222 g/mol. The molecule has 1 saturated carbocycles. The molecule has 2 nitrogen and oxygen atoms in total. The summed E-state index contributed by atoms with van der Waals surface area (Å²) in [6.07, 6.45) is 4.01. The molecule has 3 rings (SSSR count). The first kappa shape index (κ1) is 12.0. The van der Waals surface area contributed by atoms with Gasteiger partial charge in [0.05, 0.1) is 6.04 Å². The maximum absolute atomic E-state index is 6.09. The van der Waals surface area contributed by atoms with Crippen LogP contribution in [0.1, 0.15) is 51.6 Å². The van der Waals surface area contributed by atoms with E-state index in [-0.39, 0.29) is 5.60 Å². The summed E-state index contributed by atoms with van der Waals surface area (Å²) in [5.41, 5.74) is 1.17. The zero-order valence-corrected chi connectivity index (χ0v) is 11.6. The number of hydrogen-bond acceptors (Lipinski definition) is 2. The van der Waals surface area contributed by atoms with Crippen molar-refractivity contribution in [3.63, 3.8) is 0 Å². The van der Waals surface area contributed by atoms with Gasteiger partial charge in [-0.15, -0.1) is 0 Å². The van der Waals surface area contributed by atoms with Crippen molar-refractivity contribution in [3.05, 3.63) is 29.8 Å². The minimum absolute atomic E-state index is 0.147. The number of fused-ring (bicyclic) bond motifs is 1. The monoisotopic (exact) mass is 245 g/mol. The van der Waals surface area contributed by atoms with Gasteiger partial charge < -0.3 is 10.1 Å². The Morgan fingerprint density at radius 2 is 2.00 bits per heavy atom. The molecule has 1 fully saturated rings. The van der Waals surface area contributed by atoms with Crippen LogP contribution in [0.5, 0.6) is 5.75 Å². The normalized spacial score (nSPS) is 33.2. The molecule has 1 N–H and O–H groups in total. The SMILES string of the molecule is CC1CCCC1NC1c2ccccc2OC1(C)C. The van der Waals surface area contributed by atoms with Crippen molar-refractivity contribution in [2.45, 2.75) is 57.7 Å². The van der Waals surface area contributed by atoms with Crippen LogP contribution in [0.15, 0.2) is 24.3 Å². The van der Waals surface area contributed by atoms with Crippen molar-refractivity contribution in [2.75, 3.05) is 0 Å². The first-order valence-electron chi connectivity index (χ1n) is 7.12. The van der Waals surface area contributed by atoms with Gasteiger partial charge in [0.25, 0.3) is 0 Å². The highest BCUT2D eigenvalue weighted by Gasteiger charge is 2.42. The maximum Gasteiger partial charge on any atom is 0.125 e. The van der Waals surface area contributed by atoms with Crippen molar-refractivity contribution in [1.29, 1.82) is 0 Å². The number of rotatable bonds is 2. The van der Waals surface area contributed by atoms with Gasteiger partial charge >= 0.3 is 0 Å². The largest absolute Gasteiger partial charge is 0.486 e. The Labute approximate surface area is 110 Å². The fourth-order valence-electron chi connectivity index (χ4n) is 3.43. The Morgan fingerprint density at radius 1 is 1.22 bits per heavy atom. The Bertz CT molecular complexity index is 440. The second kappa shape index (κ2) is 4.27. The molecule has 0 aromatic heterocycles. The second-order valence-corrected chi connectivity index (χ2v) is 6.36. The van der Waals surface area contributed by atoms with Crippen LogP contribution >= 0.6 is 0 Å². The molecule has 1 aliphatic carbocycles. The molecule has 98 valence electrons. The maximum atomic E-state index is 6.09. The lowest BCUT2D eigenvalue weighted by Crippen LogP contribution is -2.44. The second-order valence-electron chi connectivity index (χ2n) is 6.36. The topological polar surface area (TPSA) is 21.3 Å². The highest BCUT2D eigenvalue weighted by atomic mass is 16.5. The average Bonchev–Trinajstić information content (AvgIpc) is 2.82. The van der Waals surface area contributed by atoms with Gasteiger partial charge in [0.1, 0.15) is 11.4 Å². The zero-order chi connectivity index (χ0) is 12.8. The highest BCUT2D eigenvalue weighted by molar-refractivity contribution is 5.42. The fraction of sp³-hybridized carbons (Fsp3) is 0.625. The van der Waals surface area contributed by atoms with E-state index in [0.717, 1.165) is 11.7 Å². The summed E-state index contributed by atoms with van der Waals surface area (Å²) in [4.78, 5) is 0. The van der Waals surface area contributed by atoms with E-state index in [1.165, 1.54) is 24.8 Å². The van der Waals surface area contributed by atoms with Crippen LogP contribution < -0.4 is 10.1 Å². The van der Waals surface area contributed by atoms with Gasteiger partial charge in [-0.05, 0) is 38.7 Å². The van der Waals surface area contributed by atoms with E-state index in [4.69, 9.17) is 4.74 Å². The van der Waals surface area contributed by atoms with Crippen molar-refractivity contribution in [3.8, 4) is 5.75 Å². The summed E-state index contributed by atoms with van der Waals surface area (Å²) in [7, 11) is 0. The number of para-hydroxylation sites is 1. The zero-order valence-electron chi connectivity index (χ0n) is 11.6. The van der Waals surface area contributed by atoms with Crippen LogP contribution in [0.3, 0.4) is 0 Å². The number of hydrogen-bond donors (Lipinski definition) is 1. The molecule has 3 unspecified atom stereocenters. The van der Waals surface area contributed by atoms with Crippen LogP contribution in [0.25, 0.3) is 0 Å². The summed E-state index contributed by atoms with van der Waals surface area (Å²) in [5.74, 6) is 1.83. The van der Waals surface area contributed by atoms with E-state index in [0.29, 0.717) is 12.1 Å². The van der Waals surface area contributed by atoms with E-state index in [2.05, 4.69) is 50.4 Å². The molecule has 3 atom stereocenters. The Balaban J connectivity index is 1.85. The van der Waals surface area contributed by atoms with Crippen LogP contribution in [0.4, 0.5) is 0 Å². The minimum atomic E-state index is -0.147. The standard InChI is InChI=1S/C16H23NO/c1-11-7-6-9-13(11)17-15-12-8-4-5-10-14(12)18-16(15,2)3/h4-5,8,10-11,13,15,17H,6-7,9H2,1-3H3. The summed E-state index contributed by atoms with van der Waals surface area (Å²) in [5, 5.41) is 3.85. The molecule has 1 aromatic carbocycles.